The number of benzene rings is 1. The van der Waals surface area contributed by atoms with Crippen molar-refractivity contribution in [1.82, 2.24) is 9.88 Å². The summed E-state index contributed by atoms with van der Waals surface area (Å²) in [5, 5.41) is 0. The molecule has 0 spiro atoms. The largest absolute Gasteiger partial charge is 0.443 e. The average molecular weight is 247 g/mol. The van der Waals surface area contributed by atoms with Gasteiger partial charge in [-0.05, 0) is 50.7 Å². The molecular formula is C14H21N3O. The van der Waals surface area contributed by atoms with Crippen LogP contribution < -0.4 is 5.73 Å². The Balaban J connectivity index is 2.28. The van der Waals surface area contributed by atoms with Crippen LogP contribution in [0, 0.1) is 5.92 Å². The molecule has 1 aromatic heterocycles. The number of hydrogen-bond acceptors (Lipinski definition) is 4. The molecule has 2 rings (SSSR count). The fraction of sp³-hybridized carbons (Fsp3) is 0.500. The van der Waals surface area contributed by atoms with Crippen molar-refractivity contribution < 1.29 is 4.42 Å². The Labute approximate surface area is 108 Å². The molecule has 0 bridgehead atoms. The van der Waals surface area contributed by atoms with Gasteiger partial charge in [-0.15, -0.1) is 0 Å². The molecule has 0 aliphatic rings. The predicted octanol–water partition coefficient (Wildman–Crippen LogP) is 2.42. The smallest absolute Gasteiger partial charge is 0.181 e. The van der Waals surface area contributed by atoms with Crippen LogP contribution in [0.4, 0.5) is 0 Å². The van der Waals surface area contributed by atoms with E-state index in [1.807, 2.05) is 6.07 Å². The molecule has 4 heteroatoms. The van der Waals surface area contributed by atoms with Crippen molar-refractivity contribution in [1.29, 1.82) is 0 Å². The van der Waals surface area contributed by atoms with Gasteiger partial charge in [-0.25, -0.2) is 4.98 Å². The number of rotatable bonds is 5. The molecule has 2 aromatic rings. The SMILES string of the molecule is CC(CN)CC(c1ccc2ncoc2c1)N(C)C. The van der Waals surface area contributed by atoms with Crippen molar-refractivity contribution in [3.05, 3.63) is 30.2 Å². The van der Waals surface area contributed by atoms with Gasteiger partial charge in [0.1, 0.15) is 5.52 Å². The molecule has 4 nitrogen and oxygen atoms in total. The summed E-state index contributed by atoms with van der Waals surface area (Å²) in [4.78, 5) is 6.37. The van der Waals surface area contributed by atoms with Gasteiger partial charge in [0.05, 0.1) is 0 Å². The maximum Gasteiger partial charge on any atom is 0.181 e. The first-order valence-electron chi connectivity index (χ1n) is 6.31. The molecule has 1 aromatic carbocycles. The van der Waals surface area contributed by atoms with Gasteiger partial charge in [-0.1, -0.05) is 13.0 Å². The lowest BCUT2D eigenvalue weighted by molar-refractivity contribution is 0.255. The number of hydrogen-bond donors (Lipinski definition) is 1. The summed E-state index contributed by atoms with van der Waals surface area (Å²) in [6, 6.07) is 6.57. The zero-order chi connectivity index (χ0) is 13.1. The molecule has 0 saturated heterocycles. The number of aromatic nitrogens is 1. The normalized spacial score (nSPS) is 15.2. The van der Waals surface area contributed by atoms with Crippen molar-refractivity contribution in [2.45, 2.75) is 19.4 Å². The molecule has 2 atom stereocenters. The van der Waals surface area contributed by atoms with E-state index in [4.69, 9.17) is 10.2 Å². The van der Waals surface area contributed by atoms with Crippen LogP contribution in [0.1, 0.15) is 24.9 Å². The standard InChI is InChI=1S/C14H21N3O/c1-10(8-15)6-13(17(2)3)11-4-5-12-14(7-11)18-9-16-12/h4-5,7,9-10,13H,6,8,15H2,1-3H3. The van der Waals surface area contributed by atoms with Gasteiger partial charge in [-0.3, -0.25) is 0 Å². The first-order chi connectivity index (χ1) is 8.61. The third-order valence-electron chi connectivity index (χ3n) is 3.39. The van der Waals surface area contributed by atoms with Crippen LogP contribution in [-0.2, 0) is 0 Å². The fourth-order valence-electron chi connectivity index (χ4n) is 2.20. The molecule has 2 N–H and O–H groups in total. The summed E-state index contributed by atoms with van der Waals surface area (Å²) in [5.41, 5.74) is 8.73. The summed E-state index contributed by atoms with van der Waals surface area (Å²) >= 11 is 0. The Morgan fingerprint density at radius 3 is 2.83 bits per heavy atom. The van der Waals surface area contributed by atoms with Gasteiger partial charge < -0.3 is 15.1 Å². The quantitative estimate of drug-likeness (QED) is 0.881. The minimum absolute atomic E-state index is 0.359. The van der Waals surface area contributed by atoms with Crippen molar-refractivity contribution in [3.63, 3.8) is 0 Å². The van der Waals surface area contributed by atoms with Gasteiger partial charge in [0.25, 0.3) is 0 Å². The van der Waals surface area contributed by atoms with Gasteiger partial charge in [-0.2, -0.15) is 0 Å². The lowest BCUT2D eigenvalue weighted by Gasteiger charge is -2.27. The molecule has 0 aliphatic heterocycles. The van der Waals surface area contributed by atoms with E-state index in [1.165, 1.54) is 12.0 Å². The number of oxazole rings is 1. The van der Waals surface area contributed by atoms with Crippen LogP contribution in [0.2, 0.25) is 0 Å². The highest BCUT2D eigenvalue weighted by molar-refractivity contribution is 5.72. The summed E-state index contributed by atoms with van der Waals surface area (Å²) in [7, 11) is 4.19. The first kappa shape index (κ1) is 13.1. The Hall–Kier alpha value is -1.39. The van der Waals surface area contributed by atoms with E-state index >= 15 is 0 Å². The third-order valence-corrected chi connectivity index (χ3v) is 3.39. The molecule has 0 saturated carbocycles. The van der Waals surface area contributed by atoms with Crippen LogP contribution >= 0.6 is 0 Å². The summed E-state index contributed by atoms with van der Waals surface area (Å²) in [6.45, 7) is 2.90. The summed E-state index contributed by atoms with van der Waals surface area (Å²) < 4.78 is 5.37. The third kappa shape index (κ3) is 2.71. The first-order valence-corrected chi connectivity index (χ1v) is 6.31. The van der Waals surface area contributed by atoms with Crippen LogP contribution in [0.3, 0.4) is 0 Å². The van der Waals surface area contributed by atoms with Crippen molar-refractivity contribution in [2.75, 3.05) is 20.6 Å². The van der Waals surface area contributed by atoms with Gasteiger partial charge in [0, 0.05) is 6.04 Å². The van der Waals surface area contributed by atoms with E-state index in [2.05, 4.69) is 43.0 Å². The molecule has 1 heterocycles. The predicted molar refractivity (Wildman–Crippen MR) is 73.3 cm³/mol. The van der Waals surface area contributed by atoms with E-state index < -0.39 is 0 Å². The van der Waals surface area contributed by atoms with Crippen LogP contribution in [0.25, 0.3) is 11.1 Å². The van der Waals surface area contributed by atoms with E-state index in [1.54, 1.807) is 0 Å². The van der Waals surface area contributed by atoms with Crippen LogP contribution in [0.15, 0.2) is 29.0 Å². The Morgan fingerprint density at radius 2 is 2.17 bits per heavy atom. The average Bonchev–Trinajstić information content (AvgIpc) is 2.82. The highest BCUT2D eigenvalue weighted by Gasteiger charge is 2.17. The maximum absolute atomic E-state index is 5.73. The van der Waals surface area contributed by atoms with Crippen molar-refractivity contribution in [2.24, 2.45) is 11.7 Å². The second-order valence-corrected chi connectivity index (χ2v) is 5.14. The van der Waals surface area contributed by atoms with E-state index in [0.29, 0.717) is 12.0 Å². The minimum Gasteiger partial charge on any atom is -0.443 e. The number of nitrogens with zero attached hydrogens (tertiary/aromatic N) is 2. The Morgan fingerprint density at radius 1 is 1.39 bits per heavy atom. The zero-order valence-electron chi connectivity index (χ0n) is 11.3. The zero-order valence-corrected chi connectivity index (χ0v) is 11.3. The molecule has 0 aliphatic carbocycles. The maximum atomic E-state index is 5.73. The van der Waals surface area contributed by atoms with Crippen LogP contribution in [-0.4, -0.2) is 30.5 Å². The topological polar surface area (TPSA) is 55.3 Å². The summed E-state index contributed by atoms with van der Waals surface area (Å²) in [5.74, 6) is 0.503. The monoisotopic (exact) mass is 247 g/mol. The number of fused-ring (bicyclic) bond motifs is 1. The second kappa shape index (κ2) is 5.50. The molecule has 2 unspecified atom stereocenters. The van der Waals surface area contributed by atoms with Gasteiger partial charge in [0.15, 0.2) is 12.0 Å². The van der Waals surface area contributed by atoms with E-state index in [0.717, 1.165) is 24.1 Å². The highest BCUT2D eigenvalue weighted by atomic mass is 16.3. The molecule has 0 amide bonds. The Bertz CT molecular complexity index is 506. The summed E-state index contributed by atoms with van der Waals surface area (Å²) in [6.07, 6.45) is 2.53. The molecule has 0 fully saturated rings. The molecule has 98 valence electrons. The van der Waals surface area contributed by atoms with E-state index in [9.17, 15) is 0 Å². The van der Waals surface area contributed by atoms with Gasteiger partial charge >= 0.3 is 0 Å². The lowest BCUT2D eigenvalue weighted by atomic mass is 9.95. The lowest BCUT2D eigenvalue weighted by Crippen LogP contribution is -2.24. The number of nitrogens with two attached hydrogens (primary N) is 1. The van der Waals surface area contributed by atoms with Crippen molar-refractivity contribution in [3.8, 4) is 0 Å². The molecular weight excluding hydrogens is 226 g/mol. The van der Waals surface area contributed by atoms with E-state index in [-0.39, 0.29) is 0 Å². The van der Waals surface area contributed by atoms with Crippen molar-refractivity contribution >= 4 is 11.1 Å². The molecule has 0 radical (unpaired) electrons. The highest BCUT2D eigenvalue weighted by Crippen LogP contribution is 2.27. The van der Waals surface area contributed by atoms with Crippen LogP contribution in [0.5, 0.6) is 0 Å². The second-order valence-electron chi connectivity index (χ2n) is 5.14. The Kier molecular flexibility index (Phi) is 3.99. The fourth-order valence-corrected chi connectivity index (χ4v) is 2.20. The van der Waals surface area contributed by atoms with Gasteiger partial charge in [0.2, 0.25) is 0 Å². The minimum atomic E-state index is 0.359. The molecule has 18 heavy (non-hydrogen) atoms.